The molecule has 6 unspecified atom stereocenters. The summed E-state index contributed by atoms with van der Waals surface area (Å²) in [6.45, 7) is 10.4. The van der Waals surface area contributed by atoms with Gasteiger partial charge in [-0.15, -0.1) is 0 Å². The predicted molar refractivity (Wildman–Crippen MR) is 236 cm³/mol. The number of hydrogen-bond donors (Lipinski definition) is 2. The van der Waals surface area contributed by atoms with E-state index < -0.39 is 29.8 Å². The zero-order valence-electron chi connectivity index (χ0n) is 37.2. The molecule has 14 nitrogen and oxygen atoms in total. The van der Waals surface area contributed by atoms with Gasteiger partial charge in [-0.05, 0) is 107 Å². The van der Waals surface area contributed by atoms with E-state index in [9.17, 15) is 14.7 Å². The largest absolute Gasteiger partial charge is 0.514 e. The van der Waals surface area contributed by atoms with E-state index in [1.807, 2.05) is 44.2 Å². The smallest absolute Gasteiger partial charge is 0.504 e. The maximum Gasteiger partial charge on any atom is 0.514 e. The van der Waals surface area contributed by atoms with Gasteiger partial charge in [0.2, 0.25) is 6.79 Å². The molecule has 63 heavy (non-hydrogen) atoms. The number of para-hydroxylation sites is 1. The average molecular weight is 882 g/mol. The molecular formula is C48H55N3O11S. The molecule has 9 rings (SSSR count). The van der Waals surface area contributed by atoms with Crippen molar-refractivity contribution in [3.05, 3.63) is 93.0 Å². The number of ether oxygens (including phenoxy) is 8. The van der Waals surface area contributed by atoms with Crippen LogP contribution in [0.2, 0.25) is 0 Å². The van der Waals surface area contributed by atoms with E-state index in [1.54, 1.807) is 51.8 Å². The predicted octanol–water partition coefficient (Wildman–Crippen LogP) is 8.03. The van der Waals surface area contributed by atoms with Crippen molar-refractivity contribution in [2.45, 2.75) is 88.5 Å². The van der Waals surface area contributed by atoms with E-state index in [0.29, 0.717) is 60.2 Å². The van der Waals surface area contributed by atoms with Crippen LogP contribution < -0.4 is 33.7 Å². The third kappa shape index (κ3) is 7.45. The molecule has 1 fully saturated rings. The highest BCUT2D eigenvalue weighted by Crippen LogP contribution is 2.63. The van der Waals surface area contributed by atoms with Crippen molar-refractivity contribution in [1.82, 2.24) is 15.1 Å². The minimum atomic E-state index is -0.852. The number of phenolic OH excluding ortho intramolecular Hbond substituents is 1. The van der Waals surface area contributed by atoms with Gasteiger partial charge in [-0.3, -0.25) is 9.80 Å². The number of nitrogens with zero attached hydrogens (tertiary/aromatic N) is 2. The van der Waals surface area contributed by atoms with Gasteiger partial charge < -0.3 is 48.3 Å². The van der Waals surface area contributed by atoms with Crippen LogP contribution in [0.5, 0.6) is 46.0 Å². The summed E-state index contributed by atoms with van der Waals surface area (Å²) in [5.74, 6) is 3.19. The fourth-order valence-corrected chi connectivity index (χ4v) is 11.4. The number of aromatic hydroxyl groups is 1. The number of carbonyl (C=O) groups is 2. The quantitative estimate of drug-likeness (QED) is 0.123. The van der Waals surface area contributed by atoms with Gasteiger partial charge in [-0.1, -0.05) is 24.3 Å². The molecule has 15 heteroatoms. The van der Waals surface area contributed by atoms with E-state index in [1.165, 1.54) is 7.11 Å². The summed E-state index contributed by atoms with van der Waals surface area (Å²) in [5, 5.41) is 15.2. The molecule has 5 heterocycles. The fraction of sp³-hybridized carbons (Fsp3) is 0.458. The number of nitrogens with one attached hydrogen (secondary N) is 1. The maximum absolute atomic E-state index is 14.6. The number of esters is 1. The number of fused-ring (bicyclic) bond motifs is 10. The van der Waals surface area contributed by atoms with Gasteiger partial charge in [0, 0.05) is 47.4 Å². The Hall–Kier alpha value is -5.35. The summed E-state index contributed by atoms with van der Waals surface area (Å²) in [4.78, 5) is 32.1. The van der Waals surface area contributed by atoms with Gasteiger partial charge in [0.25, 0.3) is 0 Å². The number of methoxy groups -OCH3 is 2. The van der Waals surface area contributed by atoms with Crippen LogP contribution in [0.4, 0.5) is 4.79 Å². The number of phenols is 1. The summed E-state index contributed by atoms with van der Waals surface area (Å²) in [6.07, 6.45) is 2.55. The van der Waals surface area contributed by atoms with Crippen molar-refractivity contribution in [1.29, 1.82) is 0 Å². The number of hydrogen-bond acceptors (Lipinski definition) is 15. The molecule has 4 aromatic carbocycles. The third-order valence-corrected chi connectivity index (χ3v) is 14.0. The lowest BCUT2D eigenvalue weighted by molar-refractivity contribution is -0.150. The molecule has 0 aromatic heterocycles. The Labute approximate surface area is 372 Å². The first-order chi connectivity index (χ1) is 30.2. The lowest BCUT2D eigenvalue weighted by atomic mass is 9.73. The molecule has 0 spiro atoms. The number of likely N-dealkylation sites (N-methyl/N-ethyl adjacent to an activating group) is 1. The van der Waals surface area contributed by atoms with Crippen LogP contribution in [0, 0.1) is 13.8 Å². The van der Waals surface area contributed by atoms with Gasteiger partial charge in [-0.25, -0.2) is 9.59 Å². The van der Waals surface area contributed by atoms with Crippen LogP contribution in [0.25, 0.3) is 0 Å². The Morgan fingerprint density at radius 2 is 1.71 bits per heavy atom. The summed E-state index contributed by atoms with van der Waals surface area (Å²) in [7, 11) is 5.21. The number of aryl methyl sites for hydroxylation is 1. The van der Waals surface area contributed by atoms with Gasteiger partial charge in [0.15, 0.2) is 34.5 Å². The van der Waals surface area contributed by atoms with E-state index >= 15 is 0 Å². The van der Waals surface area contributed by atoms with E-state index in [2.05, 4.69) is 34.5 Å². The summed E-state index contributed by atoms with van der Waals surface area (Å²) in [6, 6.07) is 13.6. The van der Waals surface area contributed by atoms with Crippen molar-refractivity contribution >= 4 is 23.9 Å². The Kier molecular flexibility index (Phi) is 11.3. The number of thioether (sulfide) groups is 1. The summed E-state index contributed by atoms with van der Waals surface area (Å²) >= 11 is 1.72. The Bertz CT molecular complexity index is 2460. The van der Waals surface area contributed by atoms with Crippen LogP contribution in [0.1, 0.15) is 88.7 Å². The van der Waals surface area contributed by atoms with Crippen LogP contribution in [-0.2, 0) is 27.1 Å². The Balaban J connectivity index is 1.14. The first-order valence-electron chi connectivity index (χ1n) is 21.3. The van der Waals surface area contributed by atoms with E-state index in [-0.39, 0.29) is 54.0 Å². The molecule has 1 saturated heterocycles. The number of carbonyl (C=O) groups excluding carboxylic acids is 2. The topological polar surface area (TPSA) is 147 Å². The lowest BCUT2D eigenvalue weighted by Gasteiger charge is -2.59. The second-order valence-electron chi connectivity index (χ2n) is 17.8. The molecule has 0 aliphatic carbocycles. The lowest BCUT2D eigenvalue weighted by Crippen LogP contribution is -2.64. The first kappa shape index (κ1) is 42.9. The second kappa shape index (κ2) is 16.6. The molecule has 0 radical (unpaired) electrons. The van der Waals surface area contributed by atoms with Gasteiger partial charge >= 0.3 is 12.1 Å². The highest BCUT2D eigenvalue weighted by molar-refractivity contribution is 7.98. The zero-order valence-corrected chi connectivity index (χ0v) is 38.0. The highest BCUT2D eigenvalue weighted by Gasteiger charge is 2.56. The van der Waals surface area contributed by atoms with Crippen LogP contribution in [0.3, 0.4) is 0 Å². The van der Waals surface area contributed by atoms with Crippen LogP contribution in [0.15, 0.2) is 48.5 Å². The highest BCUT2D eigenvalue weighted by atomic mass is 32.2. The average Bonchev–Trinajstić information content (AvgIpc) is 3.74. The summed E-state index contributed by atoms with van der Waals surface area (Å²) in [5.41, 5.74) is 6.19. The van der Waals surface area contributed by atoms with Crippen molar-refractivity contribution in [3.63, 3.8) is 0 Å². The molecule has 4 aromatic rings. The van der Waals surface area contributed by atoms with Crippen molar-refractivity contribution in [3.8, 4) is 46.0 Å². The van der Waals surface area contributed by atoms with Crippen molar-refractivity contribution in [2.24, 2.45) is 0 Å². The maximum atomic E-state index is 14.6. The van der Waals surface area contributed by atoms with Crippen LogP contribution in [-0.4, -0.2) is 98.7 Å². The molecule has 2 N–H and O–H groups in total. The number of rotatable bonds is 9. The first-order valence-corrected chi connectivity index (χ1v) is 22.6. The Morgan fingerprint density at radius 1 is 0.952 bits per heavy atom. The molecule has 0 amide bonds. The molecule has 6 atom stereocenters. The molecule has 5 aliphatic rings. The van der Waals surface area contributed by atoms with Gasteiger partial charge in [-0.2, -0.15) is 11.8 Å². The van der Waals surface area contributed by atoms with Crippen LogP contribution >= 0.6 is 11.8 Å². The van der Waals surface area contributed by atoms with Crippen molar-refractivity contribution in [2.75, 3.05) is 54.0 Å². The third-order valence-electron chi connectivity index (χ3n) is 13.0. The molecule has 2 bridgehead atoms. The Morgan fingerprint density at radius 3 is 2.43 bits per heavy atom. The zero-order chi connectivity index (χ0) is 44.5. The second-order valence-corrected chi connectivity index (χ2v) is 18.8. The minimum absolute atomic E-state index is 0.0171. The fourth-order valence-electron chi connectivity index (χ4n) is 10.3. The summed E-state index contributed by atoms with van der Waals surface area (Å²) < 4.78 is 48.4. The SMILES string of the molecule is COc1cc2c(cc1OC(=O)OC(C)(C)C)CCNC2C(=O)OCC1c2c3c(c(C)c(Oc4ccccc4)c2C(SC)C2C4c5c(cc(C)c(OC)c5O)CC(CN12)N4C)OCO3. The van der Waals surface area contributed by atoms with E-state index in [0.717, 1.165) is 38.9 Å². The molecular weight excluding hydrogens is 827 g/mol. The van der Waals surface area contributed by atoms with E-state index in [4.69, 9.17) is 37.9 Å². The number of piperazine rings is 1. The standard InChI is InChI=1S/C48H55N3O11S/c1-24-17-27-18-28-21-51-31(22-57-46(53)37-30-20-32(55-7)33(19-26(30)15-16-49-37)61-47(54)62-48(3,4)5)35-36(45(63-9)39(51)38(50(28)6)34(27)40(52)41(24)56-8)42(60-29-13-11-10-12-14-29)25(2)43-44(35)59-23-58-43/h10-14,17,19-20,28,31,37-39,45,49,52H,15-16,18,21-23H2,1-9H3. The minimum Gasteiger partial charge on any atom is -0.504 e. The van der Waals surface area contributed by atoms with Crippen molar-refractivity contribution < 1.29 is 52.6 Å². The number of benzene rings is 4. The molecule has 334 valence electrons. The molecule has 0 saturated carbocycles. The van der Waals surface area contributed by atoms with Gasteiger partial charge in [0.05, 0.1) is 31.6 Å². The van der Waals surface area contributed by atoms with Gasteiger partial charge in [0.1, 0.15) is 29.7 Å². The molecule has 5 aliphatic heterocycles. The monoisotopic (exact) mass is 881 g/mol. The normalized spacial score (nSPS) is 23.4.